The first-order chi connectivity index (χ1) is 15.7. The minimum absolute atomic E-state index is 0.00230. The first-order valence-corrected chi connectivity index (χ1v) is 12.0. The largest absolute Gasteiger partial charge is 0.491 e. The lowest BCUT2D eigenvalue weighted by atomic mass is 9.66. The third-order valence-electron chi connectivity index (χ3n) is 7.89. The number of aryl methyl sites for hydroxylation is 1. The Balaban J connectivity index is 1.37. The molecule has 0 unspecified atom stereocenters. The van der Waals surface area contributed by atoms with Crippen molar-refractivity contribution in [2.45, 2.75) is 76.7 Å². The van der Waals surface area contributed by atoms with Gasteiger partial charge in [-0.3, -0.25) is 0 Å². The number of halogens is 4. The van der Waals surface area contributed by atoms with Gasteiger partial charge in [0.1, 0.15) is 0 Å². The van der Waals surface area contributed by atoms with Crippen LogP contribution in [0.25, 0.3) is 0 Å². The highest BCUT2D eigenvalue weighted by Gasteiger charge is 2.40. The summed E-state index contributed by atoms with van der Waals surface area (Å²) in [6, 6.07) is 6.18. The molecule has 2 nitrogen and oxygen atoms in total. The molecule has 0 amide bonds. The standard InChI is InChI=1S/C27H32F4O2/c1-3-33-22-11-10-21(25(30)26(22)31)27(32)14-12-18(13-15-27)17-5-7-19(8-6-17)20-9-4-16(2)23(28)24(20)29/h4,9-11,17-19,32H,3,5-8,12-15H2,1-2H3. The zero-order valence-electron chi connectivity index (χ0n) is 19.3. The van der Waals surface area contributed by atoms with Gasteiger partial charge in [-0.25, -0.2) is 13.2 Å². The molecule has 0 aliphatic heterocycles. The van der Waals surface area contributed by atoms with E-state index in [4.69, 9.17) is 4.74 Å². The van der Waals surface area contributed by atoms with E-state index in [-0.39, 0.29) is 23.8 Å². The maximum absolute atomic E-state index is 14.7. The minimum atomic E-state index is -1.38. The molecule has 2 aromatic carbocycles. The fourth-order valence-corrected chi connectivity index (χ4v) is 5.89. The molecule has 0 bridgehead atoms. The Bertz CT molecular complexity index is 990. The van der Waals surface area contributed by atoms with E-state index in [1.54, 1.807) is 26.0 Å². The molecule has 0 spiro atoms. The van der Waals surface area contributed by atoms with Crippen LogP contribution in [0.1, 0.15) is 80.9 Å². The molecule has 2 aliphatic rings. The Morgan fingerprint density at radius 1 is 0.818 bits per heavy atom. The van der Waals surface area contributed by atoms with Crippen LogP contribution in [0.3, 0.4) is 0 Å². The lowest BCUT2D eigenvalue weighted by molar-refractivity contribution is -0.0283. The van der Waals surface area contributed by atoms with Crippen LogP contribution in [0.15, 0.2) is 24.3 Å². The molecule has 0 aromatic heterocycles. The van der Waals surface area contributed by atoms with E-state index in [1.807, 2.05) is 0 Å². The highest BCUT2D eigenvalue weighted by molar-refractivity contribution is 5.35. The molecule has 2 fully saturated rings. The molecule has 0 saturated heterocycles. The summed E-state index contributed by atoms with van der Waals surface area (Å²) in [5.41, 5.74) is -0.583. The van der Waals surface area contributed by atoms with Gasteiger partial charge in [0.25, 0.3) is 0 Å². The van der Waals surface area contributed by atoms with Crippen LogP contribution >= 0.6 is 0 Å². The van der Waals surface area contributed by atoms with Crippen molar-refractivity contribution in [1.29, 1.82) is 0 Å². The molecule has 4 rings (SSSR count). The predicted octanol–water partition coefficient (Wildman–Crippen LogP) is 7.30. The van der Waals surface area contributed by atoms with Crippen molar-refractivity contribution < 1.29 is 27.4 Å². The summed E-state index contributed by atoms with van der Waals surface area (Å²) in [5.74, 6) is -2.83. The Labute approximate surface area is 193 Å². The second kappa shape index (κ2) is 9.65. The third-order valence-corrected chi connectivity index (χ3v) is 7.89. The minimum Gasteiger partial charge on any atom is -0.491 e. The number of hydrogen-bond acceptors (Lipinski definition) is 2. The van der Waals surface area contributed by atoms with Gasteiger partial charge in [-0.1, -0.05) is 12.1 Å². The van der Waals surface area contributed by atoms with Gasteiger partial charge in [-0.05, 0) is 106 Å². The molecule has 6 heteroatoms. The summed E-state index contributed by atoms with van der Waals surface area (Å²) >= 11 is 0. The van der Waals surface area contributed by atoms with Gasteiger partial charge in [0.05, 0.1) is 12.2 Å². The van der Waals surface area contributed by atoms with Crippen molar-refractivity contribution in [1.82, 2.24) is 0 Å². The van der Waals surface area contributed by atoms with Crippen molar-refractivity contribution in [2.24, 2.45) is 11.8 Å². The fourth-order valence-electron chi connectivity index (χ4n) is 5.89. The van der Waals surface area contributed by atoms with E-state index in [1.165, 1.54) is 12.1 Å². The van der Waals surface area contributed by atoms with Gasteiger partial charge < -0.3 is 9.84 Å². The SMILES string of the molecule is CCOc1ccc(C2(O)CCC(C3CCC(c4ccc(C)c(F)c4F)CC3)CC2)c(F)c1F. The second-order valence-electron chi connectivity index (χ2n) is 9.75. The van der Waals surface area contributed by atoms with E-state index in [0.29, 0.717) is 35.8 Å². The Kier molecular flexibility index (Phi) is 7.04. The number of benzene rings is 2. The molecule has 33 heavy (non-hydrogen) atoms. The first-order valence-electron chi connectivity index (χ1n) is 12.0. The summed E-state index contributed by atoms with van der Waals surface area (Å²) in [5, 5.41) is 11.1. The number of hydrogen-bond donors (Lipinski definition) is 1. The van der Waals surface area contributed by atoms with Crippen LogP contribution in [0.5, 0.6) is 5.75 Å². The van der Waals surface area contributed by atoms with Gasteiger partial charge in [0.15, 0.2) is 23.2 Å². The maximum Gasteiger partial charge on any atom is 0.200 e. The molecule has 0 atom stereocenters. The second-order valence-corrected chi connectivity index (χ2v) is 9.75. The van der Waals surface area contributed by atoms with Crippen LogP contribution in [0, 0.1) is 42.0 Å². The van der Waals surface area contributed by atoms with Crippen LogP contribution in [0.2, 0.25) is 0 Å². The monoisotopic (exact) mass is 464 g/mol. The molecular formula is C27H32F4O2. The van der Waals surface area contributed by atoms with Crippen molar-refractivity contribution >= 4 is 0 Å². The lowest BCUT2D eigenvalue weighted by Gasteiger charge is -2.41. The maximum atomic E-state index is 14.7. The highest BCUT2D eigenvalue weighted by atomic mass is 19.2. The molecule has 2 aliphatic carbocycles. The van der Waals surface area contributed by atoms with E-state index in [9.17, 15) is 22.7 Å². The molecule has 1 N–H and O–H groups in total. The molecule has 2 saturated carbocycles. The number of aliphatic hydroxyl groups is 1. The molecule has 2 aromatic rings. The average Bonchev–Trinajstić information content (AvgIpc) is 2.81. The first kappa shape index (κ1) is 24.1. The van der Waals surface area contributed by atoms with Crippen LogP contribution in [0.4, 0.5) is 17.6 Å². The van der Waals surface area contributed by atoms with Crippen LogP contribution in [-0.4, -0.2) is 11.7 Å². The number of ether oxygens (including phenoxy) is 1. The Morgan fingerprint density at radius 3 is 2.09 bits per heavy atom. The van der Waals surface area contributed by atoms with Gasteiger partial charge in [0, 0.05) is 5.56 Å². The summed E-state index contributed by atoms with van der Waals surface area (Å²) in [6.45, 7) is 3.50. The van der Waals surface area contributed by atoms with Gasteiger partial charge in [0.2, 0.25) is 5.82 Å². The Morgan fingerprint density at radius 2 is 1.45 bits per heavy atom. The molecule has 0 heterocycles. The molecule has 0 radical (unpaired) electrons. The van der Waals surface area contributed by atoms with Crippen LogP contribution < -0.4 is 4.74 Å². The summed E-state index contributed by atoms with van der Waals surface area (Å²) in [6.07, 6.45) is 5.68. The number of rotatable bonds is 5. The summed E-state index contributed by atoms with van der Waals surface area (Å²) in [4.78, 5) is 0. The van der Waals surface area contributed by atoms with Gasteiger partial charge in [-0.15, -0.1) is 0 Å². The van der Waals surface area contributed by atoms with E-state index in [0.717, 1.165) is 38.5 Å². The fraction of sp³-hybridized carbons (Fsp3) is 0.556. The zero-order chi connectivity index (χ0) is 23.8. The molecular weight excluding hydrogens is 432 g/mol. The topological polar surface area (TPSA) is 29.5 Å². The predicted molar refractivity (Wildman–Crippen MR) is 119 cm³/mol. The Hall–Kier alpha value is -2.08. The zero-order valence-corrected chi connectivity index (χ0v) is 19.3. The molecule has 180 valence electrons. The van der Waals surface area contributed by atoms with Crippen molar-refractivity contribution in [3.05, 3.63) is 64.2 Å². The quantitative estimate of drug-likeness (QED) is 0.471. The van der Waals surface area contributed by atoms with Crippen molar-refractivity contribution in [2.75, 3.05) is 6.61 Å². The lowest BCUT2D eigenvalue weighted by Crippen LogP contribution is -2.35. The van der Waals surface area contributed by atoms with Gasteiger partial charge in [-0.2, -0.15) is 4.39 Å². The smallest absolute Gasteiger partial charge is 0.200 e. The van der Waals surface area contributed by atoms with Crippen LogP contribution in [-0.2, 0) is 5.60 Å². The van der Waals surface area contributed by atoms with Crippen molar-refractivity contribution in [3.8, 4) is 5.75 Å². The average molecular weight is 465 g/mol. The van der Waals surface area contributed by atoms with Crippen molar-refractivity contribution in [3.63, 3.8) is 0 Å². The van der Waals surface area contributed by atoms with E-state index >= 15 is 0 Å². The van der Waals surface area contributed by atoms with Gasteiger partial charge >= 0.3 is 0 Å². The van der Waals surface area contributed by atoms with E-state index in [2.05, 4.69) is 0 Å². The van der Waals surface area contributed by atoms with E-state index < -0.39 is 28.9 Å². The highest BCUT2D eigenvalue weighted by Crippen LogP contribution is 2.48. The third kappa shape index (κ3) is 4.64. The summed E-state index contributed by atoms with van der Waals surface area (Å²) in [7, 11) is 0. The summed E-state index contributed by atoms with van der Waals surface area (Å²) < 4.78 is 62.5. The normalized spacial score (nSPS) is 28.0.